The van der Waals surface area contributed by atoms with E-state index in [2.05, 4.69) is 46.8 Å². The summed E-state index contributed by atoms with van der Waals surface area (Å²) in [7, 11) is -0.224. The average molecular weight is 342 g/mol. The summed E-state index contributed by atoms with van der Waals surface area (Å²) >= 11 is 0. The topological polar surface area (TPSA) is 18.5 Å². The van der Waals surface area contributed by atoms with E-state index in [-0.39, 0.29) is 18.3 Å². The quantitative estimate of drug-likeness (QED) is 0.536. The molecule has 138 valence electrons. The molecule has 0 N–H and O–H groups in total. The van der Waals surface area contributed by atoms with Crippen molar-refractivity contribution in [2.75, 3.05) is 0 Å². The van der Waals surface area contributed by atoms with Crippen molar-refractivity contribution >= 4 is 12.6 Å². The number of benzene rings is 1. The first-order chi connectivity index (χ1) is 11.8. The molecule has 1 heterocycles. The van der Waals surface area contributed by atoms with Gasteiger partial charge in [0.1, 0.15) is 0 Å². The molecule has 2 nitrogen and oxygen atoms in total. The molecule has 3 heteroatoms. The molecule has 2 aliphatic rings. The fourth-order valence-electron chi connectivity index (χ4n) is 4.00. The van der Waals surface area contributed by atoms with Crippen molar-refractivity contribution in [1.29, 1.82) is 0 Å². The summed E-state index contributed by atoms with van der Waals surface area (Å²) in [6.07, 6.45) is 11.4. The highest BCUT2D eigenvalue weighted by Gasteiger charge is 2.52. The van der Waals surface area contributed by atoms with Gasteiger partial charge in [0, 0.05) is 0 Å². The van der Waals surface area contributed by atoms with Gasteiger partial charge in [0.05, 0.1) is 11.2 Å². The first kappa shape index (κ1) is 19.0. The Hall–Kier alpha value is -0.795. The van der Waals surface area contributed by atoms with Gasteiger partial charge in [-0.3, -0.25) is 0 Å². The van der Waals surface area contributed by atoms with E-state index < -0.39 is 0 Å². The van der Waals surface area contributed by atoms with E-state index in [1.807, 2.05) is 0 Å². The lowest BCUT2D eigenvalue weighted by Gasteiger charge is -2.32. The van der Waals surface area contributed by atoms with Crippen LogP contribution in [0.25, 0.3) is 0 Å². The number of hydrogen-bond acceptors (Lipinski definition) is 2. The van der Waals surface area contributed by atoms with Gasteiger partial charge in [0.25, 0.3) is 0 Å². The monoisotopic (exact) mass is 342 g/mol. The number of unbranched alkanes of at least 4 members (excludes halogenated alkanes) is 3. The first-order valence-electron chi connectivity index (χ1n) is 10.3. The van der Waals surface area contributed by atoms with Gasteiger partial charge in [0.2, 0.25) is 0 Å². The van der Waals surface area contributed by atoms with Gasteiger partial charge in [-0.15, -0.1) is 0 Å². The zero-order chi connectivity index (χ0) is 18.1. The van der Waals surface area contributed by atoms with Gasteiger partial charge in [-0.25, -0.2) is 0 Å². The van der Waals surface area contributed by atoms with Crippen LogP contribution in [0.4, 0.5) is 0 Å². The van der Waals surface area contributed by atoms with Gasteiger partial charge < -0.3 is 9.31 Å². The average Bonchev–Trinajstić information content (AvgIpc) is 2.78. The van der Waals surface area contributed by atoms with Gasteiger partial charge in [-0.2, -0.15) is 0 Å². The molecule has 1 aromatic rings. The maximum atomic E-state index is 6.39. The molecule has 1 fully saturated rings. The van der Waals surface area contributed by atoms with Crippen molar-refractivity contribution in [1.82, 2.24) is 0 Å². The van der Waals surface area contributed by atoms with Crippen molar-refractivity contribution in [3.8, 4) is 0 Å². The number of fused-ring (bicyclic) bond motifs is 1. The molecule has 0 bridgehead atoms. The molecular weight excluding hydrogens is 307 g/mol. The van der Waals surface area contributed by atoms with E-state index in [0.717, 1.165) is 6.42 Å². The summed E-state index contributed by atoms with van der Waals surface area (Å²) in [6, 6.07) is 4.88. The molecule has 0 radical (unpaired) electrons. The second-order valence-corrected chi connectivity index (χ2v) is 8.93. The van der Waals surface area contributed by atoms with Crippen LogP contribution in [0, 0.1) is 0 Å². The van der Waals surface area contributed by atoms with Gasteiger partial charge in [0.15, 0.2) is 0 Å². The molecule has 25 heavy (non-hydrogen) atoms. The summed E-state index contributed by atoms with van der Waals surface area (Å²) in [6.45, 7) is 10.9. The second-order valence-electron chi connectivity index (χ2n) is 8.93. The van der Waals surface area contributed by atoms with E-state index in [1.165, 1.54) is 68.0 Å². The summed E-state index contributed by atoms with van der Waals surface area (Å²) in [5, 5.41) is 0. The number of rotatable bonds is 6. The van der Waals surface area contributed by atoms with Crippen molar-refractivity contribution < 1.29 is 9.31 Å². The Morgan fingerprint density at radius 1 is 0.880 bits per heavy atom. The van der Waals surface area contributed by atoms with Gasteiger partial charge in [-0.1, -0.05) is 38.3 Å². The Balaban J connectivity index is 1.88. The lowest BCUT2D eigenvalue weighted by molar-refractivity contribution is 0.00578. The maximum absolute atomic E-state index is 6.39. The predicted molar refractivity (Wildman–Crippen MR) is 107 cm³/mol. The highest BCUT2D eigenvalue weighted by molar-refractivity contribution is 6.62. The van der Waals surface area contributed by atoms with Crippen molar-refractivity contribution in [2.24, 2.45) is 0 Å². The van der Waals surface area contributed by atoms with Crippen LogP contribution in [0.1, 0.15) is 89.8 Å². The van der Waals surface area contributed by atoms with Crippen LogP contribution in [0.2, 0.25) is 0 Å². The molecular formula is C22H35BO2. The highest BCUT2D eigenvalue weighted by atomic mass is 16.7. The van der Waals surface area contributed by atoms with Crippen molar-refractivity contribution in [3.05, 3.63) is 28.8 Å². The lowest BCUT2D eigenvalue weighted by Crippen LogP contribution is -2.41. The van der Waals surface area contributed by atoms with Crippen LogP contribution in [0.5, 0.6) is 0 Å². The van der Waals surface area contributed by atoms with Gasteiger partial charge >= 0.3 is 7.12 Å². The molecule has 1 aromatic carbocycles. The molecule has 1 saturated heterocycles. The molecule has 0 amide bonds. The van der Waals surface area contributed by atoms with E-state index in [0.29, 0.717) is 0 Å². The zero-order valence-corrected chi connectivity index (χ0v) is 16.9. The first-order valence-corrected chi connectivity index (χ1v) is 10.3. The van der Waals surface area contributed by atoms with E-state index in [1.54, 1.807) is 5.56 Å². The Morgan fingerprint density at radius 2 is 1.48 bits per heavy atom. The third-order valence-corrected chi connectivity index (χ3v) is 6.41. The Labute approximate surface area is 154 Å². The van der Waals surface area contributed by atoms with Crippen LogP contribution in [-0.4, -0.2) is 18.3 Å². The Morgan fingerprint density at radius 3 is 2.08 bits per heavy atom. The minimum Gasteiger partial charge on any atom is -0.399 e. The lowest BCUT2D eigenvalue weighted by atomic mass is 9.72. The van der Waals surface area contributed by atoms with Crippen LogP contribution in [0.15, 0.2) is 12.1 Å². The number of hydrogen-bond donors (Lipinski definition) is 0. The summed E-state index contributed by atoms with van der Waals surface area (Å²) in [4.78, 5) is 0. The largest absolute Gasteiger partial charge is 0.495 e. The Kier molecular flexibility index (Phi) is 5.65. The standard InChI is InChI=1S/C22H35BO2/c1-6-7-8-9-14-19-15-17-12-10-11-13-18(17)16-20(19)23-24-21(2,3)22(4,5)25-23/h15-16H,6-14H2,1-5H3. The summed E-state index contributed by atoms with van der Waals surface area (Å²) in [5.74, 6) is 0. The molecule has 0 aromatic heterocycles. The third kappa shape index (κ3) is 3.98. The van der Waals surface area contributed by atoms with Crippen molar-refractivity contribution in [2.45, 2.75) is 104 Å². The summed E-state index contributed by atoms with van der Waals surface area (Å²) < 4.78 is 12.8. The van der Waals surface area contributed by atoms with Gasteiger partial charge in [-0.05, 0) is 88.4 Å². The van der Waals surface area contributed by atoms with Crippen molar-refractivity contribution in [3.63, 3.8) is 0 Å². The predicted octanol–water partition coefficient (Wildman–Crippen LogP) is 4.99. The molecule has 0 unspecified atom stereocenters. The molecule has 0 atom stereocenters. The van der Waals surface area contributed by atoms with Crippen LogP contribution in [-0.2, 0) is 28.6 Å². The molecule has 3 rings (SSSR count). The van der Waals surface area contributed by atoms with E-state index >= 15 is 0 Å². The van der Waals surface area contributed by atoms with E-state index in [4.69, 9.17) is 9.31 Å². The third-order valence-electron chi connectivity index (χ3n) is 6.41. The van der Waals surface area contributed by atoms with E-state index in [9.17, 15) is 0 Å². The normalized spacial score (nSPS) is 21.4. The molecule has 0 saturated carbocycles. The molecule has 0 spiro atoms. The van der Waals surface area contributed by atoms with Crippen LogP contribution >= 0.6 is 0 Å². The molecule has 1 aliphatic heterocycles. The Bertz CT molecular complexity index is 590. The van der Waals surface area contributed by atoms with Crippen LogP contribution < -0.4 is 5.46 Å². The summed E-state index contributed by atoms with van der Waals surface area (Å²) in [5.41, 5.74) is 5.29. The molecule has 1 aliphatic carbocycles. The minimum atomic E-state index is -0.271. The smallest absolute Gasteiger partial charge is 0.399 e. The SMILES string of the molecule is CCCCCCc1cc2c(cc1B1OC(C)(C)C(C)(C)O1)CCCC2. The zero-order valence-electron chi connectivity index (χ0n) is 16.9. The second kappa shape index (κ2) is 7.44. The minimum absolute atomic E-state index is 0.224. The maximum Gasteiger partial charge on any atom is 0.495 e. The number of aryl methyl sites for hydroxylation is 3. The fourth-order valence-corrected chi connectivity index (χ4v) is 4.00. The fraction of sp³-hybridized carbons (Fsp3) is 0.727. The highest BCUT2D eigenvalue weighted by Crippen LogP contribution is 2.37. The van der Waals surface area contributed by atoms with Crippen LogP contribution in [0.3, 0.4) is 0 Å².